The topological polar surface area (TPSA) is 112 Å². The van der Waals surface area contributed by atoms with Crippen LogP contribution < -0.4 is 0 Å². The van der Waals surface area contributed by atoms with Crippen molar-refractivity contribution >= 4 is 33.7 Å². The lowest BCUT2D eigenvalue weighted by atomic mass is 10.0. The van der Waals surface area contributed by atoms with Crippen molar-refractivity contribution in [2.45, 2.75) is 75.9 Å². The molecule has 0 aliphatic rings. The second-order valence-electron chi connectivity index (χ2n) is 9.73. The van der Waals surface area contributed by atoms with Crippen LogP contribution in [0.2, 0.25) is 5.02 Å². The van der Waals surface area contributed by atoms with E-state index in [2.05, 4.69) is 4.98 Å². The number of esters is 1. The summed E-state index contributed by atoms with van der Waals surface area (Å²) in [5.41, 5.74) is 0.230. The number of rotatable bonds is 14. The Morgan fingerprint density at radius 1 is 1.08 bits per heavy atom. The number of benzene rings is 1. The molecule has 1 heterocycles. The average molecular weight is 569 g/mol. The summed E-state index contributed by atoms with van der Waals surface area (Å²) in [7, 11) is -2.84. The number of ether oxygens (including phenoxy) is 3. The van der Waals surface area contributed by atoms with Crippen LogP contribution in [0.3, 0.4) is 0 Å². The van der Waals surface area contributed by atoms with E-state index in [9.17, 15) is 18.0 Å². The van der Waals surface area contributed by atoms with Crippen LogP contribution in [0.4, 0.5) is 4.79 Å². The fourth-order valence-corrected chi connectivity index (χ4v) is 5.05. The van der Waals surface area contributed by atoms with Crippen LogP contribution in [-0.2, 0) is 35.4 Å². The third-order valence-electron chi connectivity index (χ3n) is 5.47. The standard InChI is InChI=1S/C27H37ClN2O7S/c1-27(2,3)37-26(32)30(38(33,34)24-14-11-22(28)12-15-24)18-7-19-36-23(13-16-25(31)35-4)10-5-8-21-9-6-17-29-20-21/h6,9,11-12,14-15,17,20,23H,5,7-8,10,13,16,18-19H2,1-4H3. The number of nitrogens with zero attached hydrogens (tertiary/aromatic N) is 2. The van der Waals surface area contributed by atoms with Crippen molar-refractivity contribution in [2.75, 3.05) is 20.3 Å². The molecular formula is C27H37ClN2O7S. The van der Waals surface area contributed by atoms with Crippen LogP contribution in [0.25, 0.3) is 0 Å². The van der Waals surface area contributed by atoms with Crippen LogP contribution in [0.5, 0.6) is 0 Å². The van der Waals surface area contributed by atoms with Crippen molar-refractivity contribution < 1.29 is 32.2 Å². The predicted molar refractivity (Wildman–Crippen MR) is 144 cm³/mol. The highest BCUT2D eigenvalue weighted by atomic mass is 35.5. The Kier molecular flexibility index (Phi) is 12.5. The molecule has 1 unspecified atom stereocenters. The van der Waals surface area contributed by atoms with E-state index in [1.807, 2.05) is 18.3 Å². The quantitative estimate of drug-likeness (QED) is 0.219. The van der Waals surface area contributed by atoms with Gasteiger partial charge in [-0.3, -0.25) is 9.78 Å². The minimum atomic E-state index is -4.18. The van der Waals surface area contributed by atoms with Gasteiger partial charge in [0, 0.05) is 37.0 Å². The maximum Gasteiger partial charge on any atom is 0.424 e. The first-order valence-electron chi connectivity index (χ1n) is 12.5. The fourth-order valence-electron chi connectivity index (χ4n) is 3.59. The molecule has 9 nitrogen and oxygen atoms in total. The van der Waals surface area contributed by atoms with E-state index in [4.69, 9.17) is 25.8 Å². The number of pyridine rings is 1. The van der Waals surface area contributed by atoms with Gasteiger partial charge in [-0.25, -0.2) is 17.5 Å². The number of halogens is 1. The summed E-state index contributed by atoms with van der Waals surface area (Å²) in [5.74, 6) is -0.323. The van der Waals surface area contributed by atoms with Crippen molar-refractivity contribution in [3.63, 3.8) is 0 Å². The van der Waals surface area contributed by atoms with Crippen molar-refractivity contribution in [3.05, 3.63) is 59.4 Å². The maximum atomic E-state index is 13.3. The molecule has 1 aromatic heterocycles. The minimum Gasteiger partial charge on any atom is -0.469 e. The van der Waals surface area contributed by atoms with Crippen LogP contribution in [0.15, 0.2) is 53.7 Å². The van der Waals surface area contributed by atoms with Gasteiger partial charge < -0.3 is 14.2 Å². The van der Waals surface area contributed by atoms with Gasteiger partial charge in [0.25, 0.3) is 10.0 Å². The number of carbonyl (C=O) groups excluding carboxylic acids is 2. The molecular weight excluding hydrogens is 532 g/mol. The number of hydrogen-bond acceptors (Lipinski definition) is 8. The van der Waals surface area contributed by atoms with E-state index >= 15 is 0 Å². The molecule has 11 heteroatoms. The largest absolute Gasteiger partial charge is 0.469 e. The Labute approximate surface area is 230 Å². The Morgan fingerprint density at radius 2 is 1.79 bits per heavy atom. The monoisotopic (exact) mass is 568 g/mol. The molecule has 0 fully saturated rings. The molecule has 0 bridgehead atoms. The summed E-state index contributed by atoms with van der Waals surface area (Å²) >= 11 is 5.90. The Balaban J connectivity index is 2.03. The van der Waals surface area contributed by atoms with Gasteiger partial charge in [-0.05, 0) is 88.8 Å². The molecule has 0 saturated heterocycles. The number of carbonyl (C=O) groups is 2. The van der Waals surface area contributed by atoms with Crippen LogP contribution >= 0.6 is 11.6 Å². The number of aryl methyl sites for hydroxylation is 1. The molecule has 38 heavy (non-hydrogen) atoms. The number of hydrogen-bond donors (Lipinski definition) is 0. The smallest absolute Gasteiger partial charge is 0.424 e. The zero-order valence-corrected chi connectivity index (χ0v) is 24.0. The van der Waals surface area contributed by atoms with Gasteiger partial charge in [-0.1, -0.05) is 17.7 Å². The van der Waals surface area contributed by atoms with Crippen molar-refractivity contribution in [1.29, 1.82) is 0 Å². The first-order chi connectivity index (χ1) is 17.9. The van der Waals surface area contributed by atoms with Gasteiger partial charge >= 0.3 is 12.1 Å². The second-order valence-corrected chi connectivity index (χ2v) is 12.0. The highest BCUT2D eigenvalue weighted by Crippen LogP contribution is 2.22. The summed E-state index contributed by atoms with van der Waals surface area (Å²) in [4.78, 5) is 28.6. The minimum absolute atomic E-state index is 0.0694. The Bertz CT molecular complexity index is 1120. The molecule has 2 rings (SSSR count). The summed E-state index contributed by atoms with van der Waals surface area (Å²) < 4.78 is 43.4. The lowest BCUT2D eigenvalue weighted by Crippen LogP contribution is -2.41. The fraction of sp³-hybridized carbons (Fsp3) is 0.519. The van der Waals surface area contributed by atoms with Gasteiger partial charge in [-0.15, -0.1) is 0 Å². The van der Waals surface area contributed by atoms with Crippen molar-refractivity contribution in [1.82, 2.24) is 9.29 Å². The first-order valence-corrected chi connectivity index (χ1v) is 14.3. The Morgan fingerprint density at radius 3 is 2.39 bits per heavy atom. The molecule has 210 valence electrons. The summed E-state index contributed by atoms with van der Waals surface area (Å²) in [6.45, 7) is 5.04. The number of methoxy groups -OCH3 is 1. The van der Waals surface area contributed by atoms with E-state index < -0.39 is 21.7 Å². The normalized spacial score (nSPS) is 12.6. The zero-order chi connectivity index (χ0) is 28.2. The lowest BCUT2D eigenvalue weighted by Gasteiger charge is -2.27. The molecule has 0 saturated carbocycles. The van der Waals surface area contributed by atoms with Crippen molar-refractivity contribution in [2.24, 2.45) is 0 Å². The van der Waals surface area contributed by atoms with Gasteiger partial charge in [-0.2, -0.15) is 0 Å². The second kappa shape index (κ2) is 15.0. The predicted octanol–water partition coefficient (Wildman–Crippen LogP) is 5.41. The SMILES string of the molecule is COC(=O)CCC(CCCc1cccnc1)OCCCN(C(=O)OC(C)(C)C)S(=O)(=O)c1ccc(Cl)cc1. The lowest BCUT2D eigenvalue weighted by molar-refractivity contribution is -0.141. The first kappa shape index (κ1) is 31.5. The van der Waals surface area contributed by atoms with Gasteiger partial charge in [0.05, 0.1) is 18.1 Å². The molecule has 0 radical (unpaired) electrons. The molecule has 1 aromatic carbocycles. The molecule has 0 spiro atoms. The zero-order valence-electron chi connectivity index (χ0n) is 22.4. The van der Waals surface area contributed by atoms with Crippen LogP contribution in [-0.4, -0.2) is 61.7 Å². The highest BCUT2D eigenvalue weighted by Gasteiger charge is 2.32. The van der Waals surface area contributed by atoms with Crippen LogP contribution in [0, 0.1) is 0 Å². The average Bonchev–Trinajstić information content (AvgIpc) is 2.86. The van der Waals surface area contributed by atoms with Gasteiger partial charge in [0.1, 0.15) is 5.60 Å². The van der Waals surface area contributed by atoms with Gasteiger partial charge in [0.15, 0.2) is 0 Å². The molecule has 0 aliphatic carbocycles. The Hall–Kier alpha value is -2.69. The number of amides is 1. The van der Waals surface area contributed by atoms with E-state index in [0.717, 1.165) is 22.7 Å². The molecule has 0 N–H and O–H groups in total. The van der Waals surface area contributed by atoms with E-state index in [1.54, 1.807) is 27.0 Å². The van der Waals surface area contributed by atoms with Crippen LogP contribution in [0.1, 0.15) is 58.4 Å². The maximum absolute atomic E-state index is 13.3. The van der Waals surface area contributed by atoms with Gasteiger partial charge in [0.2, 0.25) is 0 Å². The number of aromatic nitrogens is 1. The van der Waals surface area contributed by atoms with E-state index in [1.165, 1.54) is 31.4 Å². The number of sulfonamides is 1. The third kappa shape index (κ3) is 11.0. The highest BCUT2D eigenvalue weighted by molar-refractivity contribution is 7.89. The van der Waals surface area contributed by atoms with E-state index in [-0.39, 0.29) is 43.0 Å². The molecule has 0 aliphatic heterocycles. The summed E-state index contributed by atoms with van der Waals surface area (Å²) in [5, 5.41) is 0.377. The molecule has 2 aromatic rings. The molecule has 1 atom stereocenters. The summed E-state index contributed by atoms with van der Waals surface area (Å²) in [6.07, 6.45) is 5.61. The van der Waals surface area contributed by atoms with Crippen molar-refractivity contribution in [3.8, 4) is 0 Å². The molecule has 1 amide bonds. The van der Waals surface area contributed by atoms with E-state index in [0.29, 0.717) is 17.9 Å². The summed E-state index contributed by atoms with van der Waals surface area (Å²) in [6, 6.07) is 9.47. The third-order valence-corrected chi connectivity index (χ3v) is 7.50.